The van der Waals surface area contributed by atoms with E-state index in [9.17, 15) is 9.59 Å². The fourth-order valence-corrected chi connectivity index (χ4v) is 3.60. The second-order valence-electron chi connectivity index (χ2n) is 7.28. The van der Waals surface area contributed by atoms with Crippen molar-refractivity contribution >= 4 is 17.6 Å². The molecule has 30 heavy (non-hydrogen) atoms. The summed E-state index contributed by atoms with van der Waals surface area (Å²) in [6, 6.07) is 12.8. The van der Waals surface area contributed by atoms with Crippen LogP contribution in [0.3, 0.4) is 0 Å². The molecule has 2 aromatic heterocycles. The number of rotatable bonds is 6. The van der Waals surface area contributed by atoms with Gasteiger partial charge in [-0.25, -0.2) is 19.4 Å². The van der Waals surface area contributed by atoms with Crippen molar-refractivity contribution in [3.05, 3.63) is 66.9 Å². The zero-order chi connectivity index (χ0) is 20.8. The predicted octanol–water partition coefficient (Wildman–Crippen LogP) is 2.41. The summed E-state index contributed by atoms with van der Waals surface area (Å²) in [5.74, 6) is 0.365. The number of carbonyl (C=O) groups is 2. The molecule has 2 heterocycles. The molecule has 0 saturated heterocycles. The van der Waals surface area contributed by atoms with Crippen LogP contribution in [0.2, 0.25) is 0 Å². The fraction of sp³-hybridized carbons (Fsp3) is 0.286. The Bertz CT molecular complexity index is 982. The number of hydrogen-bond donors (Lipinski definition) is 3. The summed E-state index contributed by atoms with van der Waals surface area (Å²) in [4.78, 5) is 33.7. The lowest BCUT2D eigenvalue weighted by molar-refractivity contribution is -0.121. The van der Waals surface area contributed by atoms with Gasteiger partial charge in [-0.05, 0) is 30.5 Å². The maximum Gasteiger partial charge on any atom is 0.315 e. The lowest BCUT2D eigenvalue weighted by Crippen LogP contribution is -2.57. The van der Waals surface area contributed by atoms with Crippen molar-refractivity contribution in [2.45, 2.75) is 37.8 Å². The first-order valence-electron chi connectivity index (χ1n) is 9.87. The van der Waals surface area contributed by atoms with Crippen LogP contribution in [0, 0.1) is 0 Å². The number of amides is 3. The van der Waals surface area contributed by atoms with Gasteiger partial charge in [0.05, 0.1) is 11.9 Å². The second-order valence-corrected chi connectivity index (χ2v) is 7.28. The van der Waals surface area contributed by atoms with Gasteiger partial charge in [0.15, 0.2) is 5.82 Å². The van der Waals surface area contributed by atoms with E-state index in [4.69, 9.17) is 0 Å². The highest BCUT2D eigenvalue weighted by Crippen LogP contribution is 2.31. The van der Waals surface area contributed by atoms with Gasteiger partial charge in [-0.1, -0.05) is 43.2 Å². The third kappa shape index (κ3) is 4.45. The van der Waals surface area contributed by atoms with Crippen molar-refractivity contribution in [2.24, 2.45) is 0 Å². The largest absolute Gasteiger partial charge is 0.334 e. The molecule has 1 saturated carbocycles. The maximum atomic E-state index is 13.1. The van der Waals surface area contributed by atoms with Crippen LogP contribution in [-0.2, 0) is 11.3 Å². The van der Waals surface area contributed by atoms with Crippen LogP contribution in [0.1, 0.15) is 31.2 Å². The van der Waals surface area contributed by atoms with Crippen molar-refractivity contribution in [3.63, 3.8) is 0 Å². The van der Waals surface area contributed by atoms with Gasteiger partial charge >= 0.3 is 6.03 Å². The number of carbonyl (C=O) groups excluding carboxylic acids is 2. The number of nitrogens with zero attached hydrogens (tertiary/aromatic N) is 4. The Morgan fingerprint density at radius 1 is 1.07 bits per heavy atom. The van der Waals surface area contributed by atoms with Crippen LogP contribution in [0.4, 0.5) is 10.5 Å². The van der Waals surface area contributed by atoms with E-state index in [-0.39, 0.29) is 11.9 Å². The van der Waals surface area contributed by atoms with E-state index in [1.54, 1.807) is 24.7 Å². The molecular weight excluding hydrogens is 382 g/mol. The molecular formula is C21H23N7O2. The molecule has 3 aromatic rings. The zero-order valence-corrected chi connectivity index (χ0v) is 16.4. The van der Waals surface area contributed by atoms with Crippen LogP contribution in [0.25, 0.3) is 5.82 Å². The van der Waals surface area contributed by atoms with Crippen molar-refractivity contribution in [2.75, 3.05) is 5.32 Å². The van der Waals surface area contributed by atoms with E-state index in [2.05, 4.69) is 31.0 Å². The first kappa shape index (κ1) is 19.6. The Hall–Kier alpha value is -3.75. The van der Waals surface area contributed by atoms with E-state index in [0.29, 0.717) is 30.9 Å². The molecule has 4 rings (SSSR count). The van der Waals surface area contributed by atoms with Gasteiger partial charge in [-0.15, -0.1) is 0 Å². The molecule has 154 valence electrons. The van der Waals surface area contributed by atoms with Gasteiger partial charge in [0.25, 0.3) is 0 Å². The molecule has 9 heteroatoms. The van der Waals surface area contributed by atoms with Crippen LogP contribution in [0.15, 0.2) is 61.3 Å². The lowest BCUT2D eigenvalue weighted by atomic mass is 9.96. The molecule has 0 unspecified atom stereocenters. The molecule has 1 aliphatic carbocycles. The Kier molecular flexibility index (Phi) is 5.69. The molecule has 0 atom stereocenters. The van der Waals surface area contributed by atoms with Crippen molar-refractivity contribution in [3.8, 4) is 5.82 Å². The second kappa shape index (κ2) is 8.73. The smallest absolute Gasteiger partial charge is 0.315 e. The molecule has 3 amide bonds. The van der Waals surface area contributed by atoms with Crippen molar-refractivity contribution < 1.29 is 9.59 Å². The van der Waals surface area contributed by atoms with E-state index in [1.807, 2.05) is 30.3 Å². The highest BCUT2D eigenvalue weighted by molar-refractivity contribution is 6.00. The molecule has 0 bridgehead atoms. The third-order valence-corrected chi connectivity index (χ3v) is 5.20. The summed E-state index contributed by atoms with van der Waals surface area (Å²) in [7, 11) is 0. The highest BCUT2D eigenvalue weighted by atomic mass is 16.2. The normalized spacial score (nSPS) is 14.8. The van der Waals surface area contributed by atoms with Gasteiger partial charge in [0.2, 0.25) is 5.91 Å². The summed E-state index contributed by atoms with van der Waals surface area (Å²) < 4.78 is 1.53. The number of anilines is 1. The van der Waals surface area contributed by atoms with Crippen molar-refractivity contribution in [1.82, 2.24) is 30.4 Å². The van der Waals surface area contributed by atoms with E-state index in [0.717, 1.165) is 18.4 Å². The maximum absolute atomic E-state index is 13.1. The predicted molar refractivity (Wildman–Crippen MR) is 111 cm³/mol. The number of pyridine rings is 1. The molecule has 1 aromatic carbocycles. The minimum atomic E-state index is -0.925. The first-order chi connectivity index (χ1) is 14.6. The monoisotopic (exact) mass is 405 g/mol. The zero-order valence-electron chi connectivity index (χ0n) is 16.4. The van der Waals surface area contributed by atoms with E-state index >= 15 is 0 Å². The minimum absolute atomic E-state index is 0.231. The number of urea groups is 1. The number of nitrogens with one attached hydrogen (secondary N) is 3. The molecule has 0 aliphatic heterocycles. The molecule has 3 N–H and O–H groups in total. The summed E-state index contributed by atoms with van der Waals surface area (Å²) in [6.45, 7) is 0.401. The molecule has 0 spiro atoms. The van der Waals surface area contributed by atoms with Crippen LogP contribution in [-0.4, -0.2) is 37.2 Å². The van der Waals surface area contributed by atoms with E-state index in [1.165, 1.54) is 11.0 Å². The Morgan fingerprint density at radius 2 is 1.87 bits per heavy atom. The lowest BCUT2D eigenvalue weighted by Gasteiger charge is -2.29. The Balaban J connectivity index is 1.39. The molecule has 1 fully saturated rings. The van der Waals surface area contributed by atoms with Crippen molar-refractivity contribution in [1.29, 1.82) is 0 Å². The van der Waals surface area contributed by atoms with Gasteiger partial charge in [-0.3, -0.25) is 4.79 Å². The fourth-order valence-electron chi connectivity index (χ4n) is 3.60. The van der Waals surface area contributed by atoms with Crippen LogP contribution < -0.4 is 16.0 Å². The minimum Gasteiger partial charge on any atom is -0.334 e. The molecule has 1 aliphatic rings. The van der Waals surface area contributed by atoms with Gasteiger partial charge < -0.3 is 16.0 Å². The quantitative estimate of drug-likeness (QED) is 0.583. The number of hydrogen-bond acceptors (Lipinski definition) is 5. The number of benzene rings is 1. The SMILES string of the molecule is O=C(NCc1ccccc1)NC1(C(=O)Nc2ccc(-n3cncn3)nc2)CCCC1. The summed E-state index contributed by atoms with van der Waals surface area (Å²) >= 11 is 0. The Labute approximate surface area is 173 Å². The highest BCUT2D eigenvalue weighted by Gasteiger charge is 2.42. The third-order valence-electron chi connectivity index (χ3n) is 5.20. The number of aromatic nitrogens is 4. The first-order valence-corrected chi connectivity index (χ1v) is 9.87. The average Bonchev–Trinajstić information content (AvgIpc) is 3.47. The molecule has 9 nitrogen and oxygen atoms in total. The summed E-state index contributed by atoms with van der Waals surface area (Å²) in [6.07, 6.45) is 7.50. The van der Waals surface area contributed by atoms with Crippen LogP contribution >= 0.6 is 0 Å². The topological polar surface area (TPSA) is 114 Å². The van der Waals surface area contributed by atoms with Crippen LogP contribution in [0.5, 0.6) is 0 Å². The Morgan fingerprint density at radius 3 is 2.53 bits per heavy atom. The standard InChI is InChI=1S/C21H23N7O2/c29-19(26-17-8-9-18(23-13-17)28-15-22-14-25-28)21(10-4-5-11-21)27-20(30)24-12-16-6-2-1-3-7-16/h1-3,6-9,13-15H,4-5,10-12H2,(H,26,29)(H2,24,27,30). The summed E-state index contributed by atoms with van der Waals surface area (Å²) in [5, 5.41) is 12.7. The van der Waals surface area contributed by atoms with Gasteiger partial charge in [0.1, 0.15) is 18.2 Å². The average molecular weight is 405 g/mol. The van der Waals surface area contributed by atoms with Gasteiger partial charge in [-0.2, -0.15) is 5.10 Å². The molecule has 0 radical (unpaired) electrons. The van der Waals surface area contributed by atoms with E-state index < -0.39 is 5.54 Å². The van der Waals surface area contributed by atoms with Gasteiger partial charge in [0, 0.05) is 6.54 Å². The summed E-state index contributed by atoms with van der Waals surface area (Å²) in [5.41, 5.74) is 0.628.